The summed E-state index contributed by atoms with van der Waals surface area (Å²) in [5.41, 5.74) is 8.11. The first-order valence-corrected chi connectivity index (χ1v) is 10.1. The van der Waals surface area contributed by atoms with Crippen molar-refractivity contribution < 1.29 is 13.2 Å². The van der Waals surface area contributed by atoms with Crippen LogP contribution in [0.25, 0.3) is 0 Å². The number of aryl methyl sites for hydroxylation is 2. The van der Waals surface area contributed by atoms with Gasteiger partial charge in [-0.2, -0.15) is 4.31 Å². The van der Waals surface area contributed by atoms with Crippen molar-refractivity contribution >= 4 is 27.3 Å². The van der Waals surface area contributed by atoms with Crippen molar-refractivity contribution in [1.29, 1.82) is 0 Å². The third-order valence-corrected chi connectivity index (χ3v) is 7.73. The zero-order valence-corrected chi connectivity index (χ0v) is 14.2. The largest absolute Gasteiger partial charge is 0.368 e. The van der Waals surface area contributed by atoms with Crippen LogP contribution in [-0.2, 0) is 21.2 Å². The summed E-state index contributed by atoms with van der Waals surface area (Å²) in [4.78, 5) is 16.9. The van der Waals surface area contributed by atoms with Gasteiger partial charge in [0, 0.05) is 11.4 Å². The summed E-state index contributed by atoms with van der Waals surface area (Å²) in [6.45, 7) is 2.33. The molecule has 3 atom stereocenters. The number of amides is 1. The number of carbonyl (C=O) groups excluding carboxylic acids is 1. The van der Waals surface area contributed by atoms with E-state index in [4.69, 9.17) is 5.73 Å². The lowest BCUT2D eigenvalue weighted by Gasteiger charge is -2.24. The standard InChI is InChI=1S/C14H21N3O3S2/c1-9-12(21-8-16-9)5-6-22(19,20)17-7-10-3-2-4-11(10)13(17)14(15)18/h8,10-11,13H,2-7H2,1H3,(H2,15,18)/t10-,11+,13+/m0/s1. The fourth-order valence-electron chi connectivity index (χ4n) is 3.81. The molecule has 8 heteroatoms. The molecule has 1 aliphatic carbocycles. The molecule has 0 bridgehead atoms. The molecular weight excluding hydrogens is 322 g/mol. The van der Waals surface area contributed by atoms with E-state index in [1.54, 1.807) is 5.51 Å². The number of aromatic nitrogens is 1. The van der Waals surface area contributed by atoms with Gasteiger partial charge >= 0.3 is 0 Å². The van der Waals surface area contributed by atoms with Crippen LogP contribution < -0.4 is 5.73 Å². The van der Waals surface area contributed by atoms with E-state index in [2.05, 4.69) is 4.98 Å². The van der Waals surface area contributed by atoms with Crippen LogP contribution in [0.1, 0.15) is 29.8 Å². The molecule has 2 N–H and O–H groups in total. The maximum absolute atomic E-state index is 12.7. The van der Waals surface area contributed by atoms with Crippen LogP contribution in [0.15, 0.2) is 5.51 Å². The molecule has 2 aliphatic rings. The Morgan fingerprint density at radius 1 is 1.50 bits per heavy atom. The normalized spacial score (nSPS) is 28.9. The lowest BCUT2D eigenvalue weighted by Crippen LogP contribution is -2.47. The number of thiazole rings is 1. The van der Waals surface area contributed by atoms with E-state index < -0.39 is 22.0 Å². The summed E-state index contributed by atoms with van der Waals surface area (Å²) in [5.74, 6) is -0.0963. The Morgan fingerprint density at radius 2 is 2.27 bits per heavy atom. The highest BCUT2D eigenvalue weighted by Crippen LogP contribution is 2.43. The third kappa shape index (κ3) is 2.79. The van der Waals surface area contributed by atoms with Crippen molar-refractivity contribution in [3.05, 3.63) is 16.1 Å². The number of nitrogens with two attached hydrogens (primary N) is 1. The van der Waals surface area contributed by atoms with Gasteiger partial charge in [-0.1, -0.05) is 6.42 Å². The van der Waals surface area contributed by atoms with E-state index >= 15 is 0 Å². The SMILES string of the molecule is Cc1ncsc1CCS(=O)(=O)N1C[C@@H]2CCC[C@H]2[C@@H]1C(N)=O. The number of nitrogens with zero attached hydrogens (tertiary/aromatic N) is 2. The molecule has 2 fully saturated rings. The first kappa shape index (κ1) is 15.9. The number of rotatable bonds is 5. The highest BCUT2D eigenvalue weighted by Gasteiger charge is 2.50. The summed E-state index contributed by atoms with van der Waals surface area (Å²) in [5, 5.41) is 0. The Kier molecular flexibility index (Phi) is 4.26. The predicted octanol–water partition coefficient (Wildman–Crippen LogP) is 0.910. The van der Waals surface area contributed by atoms with Gasteiger partial charge in [-0.3, -0.25) is 4.79 Å². The zero-order valence-electron chi connectivity index (χ0n) is 12.6. The summed E-state index contributed by atoms with van der Waals surface area (Å²) in [6, 6.07) is -0.653. The average molecular weight is 343 g/mol. The summed E-state index contributed by atoms with van der Waals surface area (Å²) in [6.07, 6.45) is 3.40. The van der Waals surface area contributed by atoms with Gasteiger partial charge in [0.05, 0.1) is 17.0 Å². The Balaban J connectivity index is 1.76. The van der Waals surface area contributed by atoms with Crippen molar-refractivity contribution in [2.24, 2.45) is 17.6 Å². The topological polar surface area (TPSA) is 93.4 Å². The molecule has 3 rings (SSSR count). The minimum Gasteiger partial charge on any atom is -0.368 e. The second-order valence-electron chi connectivity index (χ2n) is 6.20. The van der Waals surface area contributed by atoms with E-state index in [0.717, 1.165) is 29.8 Å². The van der Waals surface area contributed by atoms with Gasteiger partial charge in [-0.05, 0) is 38.0 Å². The van der Waals surface area contributed by atoms with Crippen LogP contribution in [0.2, 0.25) is 0 Å². The molecule has 0 radical (unpaired) electrons. The molecule has 1 saturated heterocycles. The van der Waals surface area contributed by atoms with Gasteiger partial charge in [0.15, 0.2) is 0 Å². The van der Waals surface area contributed by atoms with Crippen molar-refractivity contribution in [3.63, 3.8) is 0 Å². The quantitative estimate of drug-likeness (QED) is 0.860. The second kappa shape index (κ2) is 5.90. The first-order chi connectivity index (χ1) is 10.4. The number of fused-ring (bicyclic) bond motifs is 1. The first-order valence-electron chi connectivity index (χ1n) is 7.58. The van der Waals surface area contributed by atoms with Gasteiger partial charge in [-0.25, -0.2) is 13.4 Å². The number of hydrogen-bond acceptors (Lipinski definition) is 5. The van der Waals surface area contributed by atoms with Crippen LogP contribution in [0.5, 0.6) is 0 Å². The Morgan fingerprint density at radius 3 is 2.91 bits per heavy atom. The highest BCUT2D eigenvalue weighted by molar-refractivity contribution is 7.89. The summed E-state index contributed by atoms with van der Waals surface area (Å²) < 4.78 is 26.8. The van der Waals surface area contributed by atoms with E-state index in [1.807, 2.05) is 6.92 Å². The van der Waals surface area contributed by atoms with Crippen LogP contribution in [-0.4, -0.2) is 42.0 Å². The van der Waals surface area contributed by atoms with Crippen molar-refractivity contribution in [3.8, 4) is 0 Å². The van der Waals surface area contributed by atoms with Crippen molar-refractivity contribution in [1.82, 2.24) is 9.29 Å². The zero-order chi connectivity index (χ0) is 15.9. The molecule has 1 aromatic heterocycles. The molecule has 2 heterocycles. The fourth-order valence-corrected chi connectivity index (χ4v) is 6.44. The number of hydrogen-bond donors (Lipinski definition) is 1. The van der Waals surface area contributed by atoms with Crippen LogP contribution in [0.3, 0.4) is 0 Å². The van der Waals surface area contributed by atoms with E-state index in [-0.39, 0.29) is 17.6 Å². The highest BCUT2D eigenvalue weighted by atomic mass is 32.2. The van der Waals surface area contributed by atoms with Crippen LogP contribution in [0, 0.1) is 18.8 Å². The van der Waals surface area contributed by atoms with E-state index in [9.17, 15) is 13.2 Å². The molecule has 122 valence electrons. The third-order valence-electron chi connectivity index (χ3n) is 4.93. The lowest BCUT2D eigenvalue weighted by atomic mass is 9.94. The van der Waals surface area contributed by atoms with Gasteiger partial charge in [0.25, 0.3) is 0 Å². The fraction of sp³-hybridized carbons (Fsp3) is 0.714. The molecule has 1 aliphatic heterocycles. The molecule has 0 unspecified atom stereocenters. The summed E-state index contributed by atoms with van der Waals surface area (Å²) in [7, 11) is -3.48. The molecule has 1 saturated carbocycles. The minimum atomic E-state index is -3.48. The Bertz CT molecular complexity index is 671. The minimum absolute atomic E-state index is 0.0131. The van der Waals surface area contributed by atoms with Crippen molar-refractivity contribution in [2.45, 2.75) is 38.6 Å². The lowest BCUT2D eigenvalue weighted by molar-refractivity contribution is -0.122. The van der Waals surface area contributed by atoms with Gasteiger partial charge in [0.2, 0.25) is 15.9 Å². The van der Waals surface area contributed by atoms with Gasteiger partial charge < -0.3 is 5.73 Å². The molecule has 22 heavy (non-hydrogen) atoms. The summed E-state index contributed by atoms with van der Waals surface area (Å²) >= 11 is 1.47. The molecule has 0 aromatic carbocycles. The maximum Gasteiger partial charge on any atom is 0.236 e. The molecular formula is C14H21N3O3S2. The number of carbonyl (C=O) groups is 1. The molecule has 6 nitrogen and oxygen atoms in total. The maximum atomic E-state index is 12.7. The van der Waals surface area contributed by atoms with E-state index in [0.29, 0.717) is 13.0 Å². The smallest absolute Gasteiger partial charge is 0.236 e. The Labute approximate surface area is 134 Å². The molecule has 0 spiro atoms. The predicted molar refractivity (Wildman–Crippen MR) is 84.9 cm³/mol. The van der Waals surface area contributed by atoms with Crippen LogP contribution in [0.4, 0.5) is 0 Å². The second-order valence-corrected chi connectivity index (χ2v) is 9.18. The number of primary amides is 1. The van der Waals surface area contributed by atoms with Gasteiger partial charge in [-0.15, -0.1) is 11.3 Å². The number of sulfonamides is 1. The van der Waals surface area contributed by atoms with Gasteiger partial charge in [0.1, 0.15) is 6.04 Å². The van der Waals surface area contributed by atoms with Crippen molar-refractivity contribution in [2.75, 3.05) is 12.3 Å². The monoisotopic (exact) mass is 343 g/mol. The molecule has 1 amide bonds. The average Bonchev–Trinajstić information content (AvgIpc) is 3.10. The van der Waals surface area contributed by atoms with Crippen LogP contribution >= 0.6 is 11.3 Å². The Hall–Kier alpha value is -0.990. The molecule has 1 aromatic rings. The van der Waals surface area contributed by atoms with E-state index in [1.165, 1.54) is 15.6 Å².